The van der Waals surface area contributed by atoms with Gasteiger partial charge in [0.05, 0.1) is 42.1 Å². The van der Waals surface area contributed by atoms with Crippen LogP contribution in [0.2, 0.25) is 0 Å². The summed E-state index contributed by atoms with van der Waals surface area (Å²) in [6, 6.07) is 3.64. The van der Waals surface area contributed by atoms with Gasteiger partial charge in [0.15, 0.2) is 17.9 Å². The molecular weight excluding hydrogens is 554 g/mol. The van der Waals surface area contributed by atoms with Gasteiger partial charge in [-0.2, -0.15) is 0 Å². The van der Waals surface area contributed by atoms with Crippen molar-refractivity contribution in [2.45, 2.75) is 62.4 Å². The summed E-state index contributed by atoms with van der Waals surface area (Å²) in [5.74, 6) is -3.77. The van der Waals surface area contributed by atoms with Crippen molar-refractivity contribution in [3.63, 3.8) is 0 Å². The van der Waals surface area contributed by atoms with Crippen molar-refractivity contribution in [2.24, 2.45) is 5.73 Å². The number of rotatable bonds is 5. The molecule has 212 valence electrons. The molecule has 1 aliphatic heterocycles. The molecule has 13 heteroatoms. The number of methoxy groups -OCH3 is 1. The number of ketones is 3. The summed E-state index contributed by atoms with van der Waals surface area (Å²) >= 11 is 0. The molecule has 2 aromatic rings. The molecule has 1 fully saturated rings. The first kappa shape index (κ1) is 30.8. The molecule has 1 heterocycles. The summed E-state index contributed by atoms with van der Waals surface area (Å²) < 4.78 is 17.0. The topological polar surface area (TPSA) is 206 Å². The van der Waals surface area contributed by atoms with Crippen LogP contribution in [0, 0.1) is 0 Å². The quantitative estimate of drug-likeness (QED) is 0.159. The molecular formula is C27H31CaNO11. The van der Waals surface area contributed by atoms with E-state index < -0.39 is 95.7 Å². The Morgan fingerprint density at radius 2 is 1.82 bits per heavy atom. The molecule has 1 saturated heterocycles. The van der Waals surface area contributed by atoms with E-state index in [0.29, 0.717) is 0 Å². The van der Waals surface area contributed by atoms with E-state index in [9.17, 15) is 39.9 Å². The van der Waals surface area contributed by atoms with Crippen molar-refractivity contribution in [2.75, 3.05) is 13.7 Å². The third-order valence-corrected chi connectivity index (χ3v) is 7.81. The third-order valence-electron chi connectivity index (χ3n) is 7.81. The van der Waals surface area contributed by atoms with E-state index in [-0.39, 0.29) is 72.2 Å². The molecule has 6 atom stereocenters. The fourth-order valence-corrected chi connectivity index (χ4v) is 5.75. The summed E-state index contributed by atoms with van der Waals surface area (Å²) in [6.07, 6.45) is -5.12. The van der Waals surface area contributed by atoms with Crippen LogP contribution in [0.5, 0.6) is 17.2 Å². The number of carbonyl (C=O) groups is 3. The van der Waals surface area contributed by atoms with Gasteiger partial charge in [0, 0.05) is 42.0 Å². The van der Waals surface area contributed by atoms with Crippen molar-refractivity contribution in [3.8, 4) is 17.2 Å². The zero-order chi connectivity index (χ0) is 28.4. The fourth-order valence-electron chi connectivity index (χ4n) is 5.75. The summed E-state index contributed by atoms with van der Waals surface area (Å²) in [6.45, 7) is 0.560. The number of ether oxygens (including phenoxy) is 3. The van der Waals surface area contributed by atoms with Crippen LogP contribution < -0.4 is 10.5 Å². The molecule has 12 nitrogen and oxygen atoms in total. The first-order valence-electron chi connectivity index (χ1n) is 12.4. The van der Waals surface area contributed by atoms with Gasteiger partial charge in [-0.05, 0) is 13.0 Å². The molecule has 0 unspecified atom stereocenters. The molecule has 5 rings (SSSR count). The average molecular weight is 586 g/mol. The zero-order valence-corrected chi connectivity index (χ0v) is 21.2. The molecule has 3 aliphatic rings. The third kappa shape index (κ3) is 4.75. The van der Waals surface area contributed by atoms with Crippen molar-refractivity contribution >= 4 is 55.1 Å². The Kier molecular flexibility index (Phi) is 8.69. The molecule has 0 amide bonds. The predicted octanol–water partition coefficient (Wildman–Crippen LogP) is -0.915. The Labute approximate surface area is 258 Å². The van der Waals surface area contributed by atoms with Crippen LogP contribution in [-0.4, -0.2) is 124 Å². The van der Waals surface area contributed by atoms with Gasteiger partial charge in [0.2, 0.25) is 5.78 Å². The number of aliphatic hydroxyl groups excluding tert-OH is 2. The second-order valence-electron chi connectivity index (χ2n) is 10.2. The van der Waals surface area contributed by atoms with Crippen molar-refractivity contribution < 1.29 is 54.1 Å². The van der Waals surface area contributed by atoms with Crippen molar-refractivity contribution in [3.05, 3.63) is 51.6 Å². The summed E-state index contributed by atoms with van der Waals surface area (Å²) in [7, 11) is 1.32. The molecule has 2 aliphatic carbocycles. The summed E-state index contributed by atoms with van der Waals surface area (Å²) in [5, 5.41) is 53.7. The van der Waals surface area contributed by atoms with Crippen molar-refractivity contribution in [1.82, 2.24) is 0 Å². The minimum absolute atomic E-state index is 0. The first-order valence-corrected chi connectivity index (χ1v) is 12.4. The van der Waals surface area contributed by atoms with E-state index in [1.165, 1.54) is 25.3 Å². The number of Topliss-reactive ketones (excluding diaryl/α,β-unsaturated/α-hetero) is 1. The fraction of sp³-hybridized carbons (Fsp3) is 0.444. The minimum atomic E-state index is -2.24. The SMILES string of the molecule is COc1cccc2c1C(=O)c1c(O)c3c(c(O)c1C2=O)C[C@@](O)(C(=O)CO)C[C@@H]3O[C@H]1C[C@H](N)[C@H](O)[C@H](C)O1.[CaH2]. The van der Waals surface area contributed by atoms with Gasteiger partial charge in [0.25, 0.3) is 0 Å². The monoisotopic (exact) mass is 585 g/mol. The number of phenols is 2. The molecule has 0 saturated carbocycles. The number of nitrogens with two attached hydrogens (primary N) is 1. The Balaban J connectivity index is 0.00000370. The van der Waals surface area contributed by atoms with Gasteiger partial charge < -0.3 is 45.5 Å². The Bertz CT molecular complexity index is 1380. The maximum absolute atomic E-state index is 13.6. The molecule has 40 heavy (non-hydrogen) atoms. The number of hydrogen-bond donors (Lipinski definition) is 6. The number of aliphatic hydroxyl groups is 3. The second-order valence-corrected chi connectivity index (χ2v) is 10.2. The molecule has 0 aromatic heterocycles. The van der Waals surface area contributed by atoms with Crippen molar-refractivity contribution in [1.29, 1.82) is 0 Å². The number of carbonyl (C=O) groups excluding carboxylic acids is 3. The van der Waals surface area contributed by atoms with Gasteiger partial charge in [-0.15, -0.1) is 0 Å². The average Bonchev–Trinajstić information content (AvgIpc) is 2.90. The van der Waals surface area contributed by atoms with E-state index in [1.54, 1.807) is 6.92 Å². The van der Waals surface area contributed by atoms with Gasteiger partial charge in [-0.1, -0.05) is 12.1 Å². The Hall–Kier alpha value is -2.13. The number of benzene rings is 2. The molecule has 2 aromatic carbocycles. The van der Waals surface area contributed by atoms with Crippen LogP contribution in [0.4, 0.5) is 0 Å². The van der Waals surface area contributed by atoms with E-state index in [0.717, 1.165) is 0 Å². The standard InChI is InChI=1S/C27H29NO11.Ca.2H/c1-10-22(31)13(28)6-17(38-10)39-15-8-27(36,16(30)9-29)7-12-19(15)26(35)21-20(24(12)33)23(32)11-4-3-5-14(37-2)18(11)25(21)34;;;/h3-5,10,13,15,17,22,29,31,33,35-36H,6-9,28H2,1-2H3;;;/t10-,13-,15-,17-,22+,27-;;;/m0.../s1. The Morgan fingerprint density at radius 3 is 2.45 bits per heavy atom. The first-order chi connectivity index (χ1) is 18.4. The van der Waals surface area contributed by atoms with Crippen LogP contribution in [0.3, 0.4) is 0 Å². The van der Waals surface area contributed by atoms with Gasteiger partial charge in [-0.3, -0.25) is 14.4 Å². The molecule has 0 bridgehead atoms. The maximum atomic E-state index is 13.6. The summed E-state index contributed by atoms with van der Waals surface area (Å²) in [4.78, 5) is 39.7. The molecule has 0 radical (unpaired) electrons. The number of aromatic hydroxyl groups is 2. The number of phenolic OH excluding ortho intramolecular Hbond substituents is 2. The second kappa shape index (κ2) is 11.3. The van der Waals surface area contributed by atoms with E-state index in [1.807, 2.05) is 0 Å². The molecule has 7 N–H and O–H groups in total. The predicted molar refractivity (Wildman–Crippen MR) is 140 cm³/mol. The van der Waals surface area contributed by atoms with Gasteiger partial charge >= 0.3 is 37.7 Å². The van der Waals surface area contributed by atoms with E-state index >= 15 is 0 Å². The normalized spacial score (nSPS) is 29.1. The zero-order valence-electron chi connectivity index (χ0n) is 21.2. The van der Waals surface area contributed by atoms with E-state index in [2.05, 4.69) is 0 Å². The van der Waals surface area contributed by atoms with Crippen LogP contribution in [0.15, 0.2) is 18.2 Å². The van der Waals surface area contributed by atoms with Gasteiger partial charge in [0.1, 0.15) is 29.5 Å². The van der Waals surface area contributed by atoms with Crippen LogP contribution >= 0.6 is 0 Å². The van der Waals surface area contributed by atoms with Crippen LogP contribution in [0.25, 0.3) is 0 Å². The van der Waals surface area contributed by atoms with Gasteiger partial charge in [-0.25, -0.2) is 0 Å². The van der Waals surface area contributed by atoms with Crippen LogP contribution in [0.1, 0.15) is 68.8 Å². The number of hydrogen-bond acceptors (Lipinski definition) is 12. The number of fused-ring (bicyclic) bond motifs is 3. The van der Waals surface area contributed by atoms with E-state index in [4.69, 9.17) is 19.9 Å². The molecule has 0 spiro atoms. The van der Waals surface area contributed by atoms with Crippen LogP contribution in [-0.2, 0) is 20.7 Å². The summed E-state index contributed by atoms with van der Waals surface area (Å²) in [5.41, 5.74) is 2.37. The Morgan fingerprint density at radius 1 is 1.15 bits per heavy atom.